The highest BCUT2D eigenvalue weighted by Gasteiger charge is 2.27. The summed E-state index contributed by atoms with van der Waals surface area (Å²) in [5.74, 6) is 5.95. The molecule has 2 atom stereocenters. The number of amides is 1. The van der Waals surface area contributed by atoms with E-state index in [9.17, 15) is 4.79 Å². The van der Waals surface area contributed by atoms with E-state index in [1.807, 2.05) is 35.2 Å². The van der Waals surface area contributed by atoms with Crippen LogP contribution in [0.4, 0.5) is 0 Å². The van der Waals surface area contributed by atoms with Crippen LogP contribution in [0.3, 0.4) is 0 Å². The van der Waals surface area contributed by atoms with Gasteiger partial charge in [-0.15, -0.1) is 0 Å². The number of hydrogen-bond acceptors (Lipinski definition) is 2. The van der Waals surface area contributed by atoms with Crippen LogP contribution in [0.1, 0.15) is 25.3 Å². The van der Waals surface area contributed by atoms with Gasteiger partial charge in [0.15, 0.2) is 0 Å². The molecule has 3 heteroatoms. The number of hydrogen-bond donors (Lipinski definition) is 1. The Morgan fingerprint density at radius 3 is 2.84 bits per heavy atom. The zero-order valence-corrected chi connectivity index (χ0v) is 11.3. The van der Waals surface area contributed by atoms with Crippen molar-refractivity contribution >= 4 is 5.91 Å². The second kappa shape index (κ2) is 6.40. The van der Waals surface area contributed by atoms with Crippen LogP contribution in [0.15, 0.2) is 30.3 Å². The van der Waals surface area contributed by atoms with E-state index in [4.69, 9.17) is 5.73 Å². The summed E-state index contributed by atoms with van der Waals surface area (Å²) in [6, 6.07) is 9.80. The van der Waals surface area contributed by atoms with Crippen molar-refractivity contribution in [3.05, 3.63) is 35.9 Å². The van der Waals surface area contributed by atoms with Crippen LogP contribution < -0.4 is 5.73 Å². The Balaban J connectivity index is 1.99. The SMILES string of the molecule is CCC1CN(C(=O)C#Cc2ccccc2)CCC1N. The zero-order valence-electron chi connectivity index (χ0n) is 11.3. The molecule has 1 aliphatic rings. The van der Waals surface area contributed by atoms with Crippen molar-refractivity contribution in [2.75, 3.05) is 13.1 Å². The van der Waals surface area contributed by atoms with Crippen molar-refractivity contribution in [2.45, 2.75) is 25.8 Å². The molecule has 1 aliphatic heterocycles. The highest BCUT2D eigenvalue weighted by Crippen LogP contribution is 2.18. The summed E-state index contributed by atoms with van der Waals surface area (Å²) in [4.78, 5) is 13.9. The van der Waals surface area contributed by atoms with Gasteiger partial charge in [-0.1, -0.05) is 37.5 Å². The minimum atomic E-state index is -0.0887. The highest BCUT2D eigenvalue weighted by atomic mass is 16.2. The average molecular weight is 256 g/mol. The molecular formula is C16H20N2O. The number of nitrogens with two attached hydrogens (primary N) is 1. The summed E-state index contributed by atoms with van der Waals surface area (Å²) in [5, 5.41) is 0. The lowest BCUT2D eigenvalue weighted by molar-refractivity contribution is -0.127. The third-order valence-electron chi connectivity index (χ3n) is 3.69. The molecule has 2 unspecified atom stereocenters. The van der Waals surface area contributed by atoms with Crippen LogP contribution in [0, 0.1) is 17.8 Å². The van der Waals surface area contributed by atoms with Crippen LogP contribution in [0.25, 0.3) is 0 Å². The van der Waals surface area contributed by atoms with Gasteiger partial charge < -0.3 is 10.6 Å². The van der Waals surface area contributed by atoms with E-state index in [0.29, 0.717) is 5.92 Å². The molecule has 1 aromatic carbocycles. The van der Waals surface area contributed by atoms with Gasteiger partial charge in [-0.3, -0.25) is 4.79 Å². The van der Waals surface area contributed by atoms with E-state index in [-0.39, 0.29) is 11.9 Å². The summed E-state index contributed by atoms with van der Waals surface area (Å²) < 4.78 is 0. The smallest absolute Gasteiger partial charge is 0.298 e. The maximum absolute atomic E-state index is 12.1. The van der Waals surface area contributed by atoms with Crippen LogP contribution in [0.5, 0.6) is 0 Å². The summed E-state index contributed by atoms with van der Waals surface area (Å²) in [6.07, 6.45) is 1.88. The summed E-state index contributed by atoms with van der Waals surface area (Å²) >= 11 is 0. The molecule has 0 bridgehead atoms. The van der Waals surface area contributed by atoms with Crippen molar-refractivity contribution in [3.63, 3.8) is 0 Å². The monoisotopic (exact) mass is 256 g/mol. The van der Waals surface area contributed by atoms with Gasteiger partial charge in [0, 0.05) is 30.6 Å². The minimum Gasteiger partial charge on any atom is -0.331 e. The van der Waals surface area contributed by atoms with Crippen LogP contribution >= 0.6 is 0 Å². The molecule has 1 heterocycles. The molecule has 100 valence electrons. The fraction of sp³-hybridized carbons (Fsp3) is 0.438. The Hall–Kier alpha value is -1.79. The Bertz CT molecular complexity index is 486. The quantitative estimate of drug-likeness (QED) is 0.776. The second-order valence-corrected chi connectivity index (χ2v) is 4.99. The predicted molar refractivity (Wildman–Crippen MR) is 76.3 cm³/mol. The first-order valence-corrected chi connectivity index (χ1v) is 6.82. The Morgan fingerprint density at radius 2 is 2.16 bits per heavy atom. The van der Waals surface area contributed by atoms with Gasteiger partial charge in [0.25, 0.3) is 5.91 Å². The molecule has 1 fully saturated rings. The molecule has 0 spiro atoms. The van der Waals surface area contributed by atoms with E-state index >= 15 is 0 Å². The third-order valence-corrected chi connectivity index (χ3v) is 3.69. The van der Waals surface area contributed by atoms with Crippen molar-refractivity contribution in [2.24, 2.45) is 11.7 Å². The van der Waals surface area contributed by atoms with E-state index in [1.54, 1.807) is 0 Å². The molecule has 0 radical (unpaired) electrons. The van der Waals surface area contributed by atoms with Crippen molar-refractivity contribution in [1.82, 2.24) is 4.90 Å². The molecule has 0 aromatic heterocycles. The maximum atomic E-state index is 12.1. The Kier molecular flexibility index (Phi) is 4.59. The minimum absolute atomic E-state index is 0.0887. The number of nitrogens with zero attached hydrogens (tertiary/aromatic N) is 1. The van der Waals surface area contributed by atoms with Crippen LogP contribution in [-0.2, 0) is 4.79 Å². The van der Waals surface area contributed by atoms with Gasteiger partial charge in [-0.05, 0) is 24.5 Å². The lowest BCUT2D eigenvalue weighted by Crippen LogP contribution is -2.48. The molecular weight excluding hydrogens is 236 g/mol. The average Bonchev–Trinajstić information content (AvgIpc) is 2.46. The number of carbonyl (C=O) groups is 1. The summed E-state index contributed by atoms with van der Waals surface area (Å²) in [7, 11) is 0. The fourth-order valence-corrected chi connectivity index (χ4v) is 2.39. The van der Waals surface area contributed by atoms with Gasteiger partial charge in [0.2, 0.25) is 0 Å². The lowest BCUT2D eigenvalue weighted by Gasteiger charge is -2.35. The van der Waals surface area contributed by atoms with E-state index < -0.39 is 0 Å². The Labute approximate surface area is 114 Å². The van der Waals surface area contributed by atoms with E-state index in [1.165, 1.54) is 0 Å². The Morgan fingerprint density at radius 1 is 1.42 bits per heavy atom. The standard InChI is InChI=1S/C16H20N2O/c1-2-14-12-18(11-10-15(14)17)16(19)9-8-13-6-4-3-5-7-13/h3-7,14-15H,2,10-12,17H2,1H3. The molecule has 0 saturated carbocycles. The van der Waals surface area contributed by atoms with Crippen LogP contribution in [-0.4, -0.2) is 29.9 Å². The normalized spacial score (nSPS) is 22.5. The molecule has 1 saturated heterocycles. The highest BCUT2D eigenvalue weighted by molar-refractivity contribution is 5.94. The number of likely N-dealkylation sites (tertiary alicyclic amines) is 1. The summed E-state index contributed by atoms with van der Waals surface area (Å²) in [5.41, 5.74) is 6.91. The molecule has 1 amide bonds. The first kappa shape index (κ1) is 13.6. The maximum Gasteiger partial charge on any atom is 0.298 e. The number of carbonyl (C=O) groups excluding carboxylic acids is 1. The molecule has 0 aliphatic carbocycles. The van der Waals surface area contributed by atoms with Gasteiger partial charge in [0.1, 0.15) is 0 Å². The molecule has 2 rings (SSSR count). The zero-order chi connectivity index (χ0) is 13.7. The number of rotatable bonds is 1. The predicted octanol–water partition coefficient (Wildman–Crippen LogP) is 1.62. The third kappa shape index (κ3) is 3.59. The van der Waals surface area contributed by atoms with Crippen molar-refractivity contribution in [1.29, 1.82) is 0 Å². The fourth-order valence-electron chi connectivity index (χ4n) is 2.39. The molecule has 3 nitrogen and oxygen atoms in total. The molecule has 1 aromatic rings. The van der Waals surface area contributed by atoms with Gasteiger partial charge in [-0.25, -0.2) is 0 Å². The van der Waals surface area contributed by atoms with E-state index in [2.05, 4.69) is 18.8 Å². The van der Waals surface area contributed by atoms with Gasteiger partial charge in [-0.2, -0.15) is 0 Å². The van der Waals surface area contributed by atoms with Crippen molar-refractivity contribution < 1.29 is 4.79 Å². The topological polar surface area (TPSA) is 46.3 Å². The number of benzene rings is 1. The first-order valence-electron chi connectivity index (χ1n) is 6.82. The summed E-state index contributed by atoms with van der Waals surface area (Å²) in [6.45, 7) is 3.58. The van der Waals surface area contributed by atoms with Crippen molar-refractivity contribution in [3.8, 4) is 11.8 Å². The lowest BCUT2D eigenvalue weighted by atomic mass is 9.91. The van der Waals surface area contributed by atoms with Gasteiger partial charge in [0.05, 0.1) is 0 Å². The van der Waals surface area contributed by atoms with E-state index in [0.717, 1.165) is 31.5 Å². The van der Waals surface area contributed by atoms with Gasteiger partial charge >= 0.3 is 0 Å². The number of piperidine rings is 1. The second-order valence-electron chi connectivity index (χ2n) is 4.99. The molecule has 19 heavy (non-hydrogen) atoms. The van der Waals surface area contributed by atoms with Crippen LogP contribution in [0.2, 0.25) is 0 Å². The largest absolute Gasteiger partial charge is 0.331 e. The first-order chi connectivity index (χ1) is 9.20. The molecule has 2 N–H and O–H groups in total.